The average Bonchev–Trinajstić information content (AvgIpc) is 3.48. The summed E-state index contributed by atoms with van der Waals surface area (Å²) in [7, 11) is 1.65. The summed E-state index contributed by atoms with van der Waals surface area (Å²) >= 11 is 0. The van der Waals surface area contributed by atoms with Gasteiger partial charge < -0.3 is 18.6 Å². The molecule has 0 aliphatic heterocycles. The molecular weight excluding hydrogens is 402 g/mol. The van der Waals surface area contributed by atoms with Gasteiger partial charge in [-0.1, -0.05) is 30.0 Å². The molecule has 0 unspecified atom stereocenters. The Bertz CT molecular complexity index is 1210. The number of aromatic nitrogens is 3. The SMILES string of the molecule is CCc1nccn1Cc1cc(-c2ccc(C#Cc3cccc(OCCOC)c3)cc2)on1. The maximum absolute atomic E-state index is 5.64. The van der Waals surface area contributed by atoms with E-state index >= 15 is 0 Å². The molecule has 0 saturated heterocycles. The third-order valence-corrected chi connectivity index (χ3v) is 4.92. The normalized spacial score (nSPS) is 10.6. The van der Waals surface area contributed by atoms with Crippen LogP contribution in [0.15, 0.2) is 71.5 Å². The summed E-state index contributed by atoms with van der Waals surface area (Å²) < 4.78 is 18.3. The Kier molecular flexibility index (Phi) is 7.01. The molecule has 0 aliphatic rings. The summed E-state index contributed by atoms with van der Waals surface area (Å²) in [5, 5.41) is 4.20. The first kappa shape index (κ1) is 21.4. The summed E-state index contributed by atoms with van der Waals surface area (Å²) in [5.74, 6) is 8.93. The molecule has 6 nitrogen and oxygen atoms in total. The zero-order valence-electron chi connectivity index (χ0n) is 18.2. The lowest BCUT2D eigenvalue weighted by molar-refractivity contribution is 0.146. The van der Waals surface area contributed by atoms with Crippen molar-refractivity contribution in [1.82, 2.24) is 14.7 Å². The van der Waals surface area contributed by atoms with Crippen LogP contribution >= 0.6 is 0 Å². The summed E-state index contributed by atoms with van der Waals surface area (Å²) in [4.78, 5) is 4.35. The maximum Gasteiger partial charge on any atom is 0.167 e. The van der Waals surface area contributed by atoms with Crippen molar-refractivity contribution in [3.63, 3.8) is 0 Å². The molecule has 0 saturated carbocycles. The Balaban J connectivity index is 1.41. The number of imidazole rings is 1. The van der Waals surface area contributed by atoms with E-state index in [-0.39, 0.29) is 0 Å². The number of ether oxygens (including phenoxy) is 2. The zero-order valence-corrected chi connectivity index (χ0v) is 18.2. The molecule has 2 heterocycles. The van der Waals surface area contributed by atoms with Gasteiger partial charge >= 0.3 is 0 Å². The van der Waals surface area contributed by atoms with Crippen LogP contribution in [0.5, 0.6) is 5.75 Å². The number of hydrogen-bond donors (Lipinski definition) is 0. The number of hydrogen-bond acceptors (Lipinski definition) is 5. The maximum atomic E-state index is 5.64. The van der Waals surface area contributed by atoms with E-state index in [2.05, 4.69) is 33.5 Å². The molecule has 0 atom stereocenters. The van der Waals surface area contributed by atoms with Crippen LogP contribution in [0.4, 0.5) is 0 Å². The molecule has 162 valence electrons. The summed E-state index contributed by atoms with van der Waals surface area (Å²) in [5.41, 5.74) is 3.65. The number of benzene rings is 2. The van der Waals surface area contributed by atoms with Gasteiger partial charge in [0, 0.05) is 48.7 Å². The second kappa shape index (κ2) is 10.5. The van der Waals surface area contributed by atoms with Crippen LogP contribution in [0, 0.1) is 11.8 Å². The smallest absolute Gasteiger partial charge is 0.167 e. The van der Waals surface area contributed by atoms with Crippen LogP contribution in [-0.2, 0) is 17.7 Å². The van der Waals surface area contributed by atoms with Crippen molar-refractivity contribution in [2.75, 3.05) is 20.3 Å². The molecule has 4 aromatic rings. The van der Waals surface area contributed by atoms with Crippen molar-refractivity contribution in [3.05, 3.63) is 89.6 Å². The Morgan fingerprint density at radius 2 is 1.84 bits per heavy atom. The lowest BCUT2D eigenvalue weighted by atomic mass is 10.1. The van der Waals surface area contributed by atoms with Gasteiger partial charge in [-0.15, -0.1) is 0 Å². The van der Waals surface area contributed by atoms with Crippen molar-refractivity contribution in [2.24, 2.45) is 0 Å². The fourth-order valence-corrected chi connectivity index (χ4v) is 3.26. The van der Waals surface area contributed by atoms with E-state index in [1.54, 1.807) is 7.11 Å². The fraction of sp³-hybridized carbons (Fsp3) is 0.231. The molecule has 0 fully saturated rings. The largest absolute Gasteiger partial charge is 0.491 e. The zero-order chi connectivity index (χ0) is 22.2. The molecule has 2 aromatic heterocycles. The highest BCUT2D eigenvalue weighted by atomic mass is 16.5. The molecule has 0 spiro atoms. The minimum absolute atomic E-state index is 0.514. The topological polar surface area (TPSA) is 62.3 Å². The predicted molar refractivity (Wildman–Crippen MR) is 122 cm³/mol. The van der Waals surface area contributed by atoms with Crippen molar-refractivity contribution in [3.8, 4) is 28.9 Å². The molecule has 6 heteroatoms. The predicted octanol–water partition coefficient (Wildman–Crippen LogP) is 4.57. The van der Waals surface area contributed by atoms with Crippen LogP contribution in [0.2, 0.25) is 0 Å². The van der Waals surface area contributed by atoms with E-state index in [0.717, 1.165) is 46.1 Å². The van der Waals surface area contributed by atoms with E-state index < -0.39 is 0 Å². The molecule has 32 heavy (non-hydrogen) atoms. The Morgan fingerprint density at radius 1 is 1.00 bits per heavy atom. The molecule has 2 aromatic carbocycles. The van der Waals surface area contributed by atoms with Crippen molar-refractivity contribution in [1.29, 1.82) is 0 Å². The van der Waals surface area contributed by atoms with Crippen molar-refractivity contribution >= 4 is 0 Å². The van der Waals surface area contributed by atoms with E-state index in [4.69, 9.17) is 14.0 Å². The van der Waals surface area contributed by atoms with Gasteiger partial charge in [-0.3, -0.25) is 0 Å². The molecular formula is C26H25N3O3. The molecule has 4 rings (SSSR count). The van der Waals surface area contributed by atoms with Gasteiger partial charge in [0.2, 0.25) is 0 Å². The van der Waals surface area contributed by atoms with Gasteiger partial charge in [0.05, 0.1) is 13.2 Å². The molecule has 0 radical (unpaired) electrons. The lowest BCUT2D eigenvalue weighted by Crippen LogP contribution is -2.04. The second-order valence-electron chi connectivity index (χ2n) is 7.20. The van der Waals surface area contributed by atoms with E-state index in [1.165, 1.54) is 0 Å². The van der Waals surface area contributed by atoms with E-state index in [9.17, 15) is 0 Å². The molecule has 0 amide bonds. The van der Waals surface area contributed by atoms with Crippen LogP contribution in [0.3, 0.4) is 0 Å². The number of nitrogens with zero attached hydrogens (tertiary/aromatic N) is 3. The fourth-order valence-electron chi connectivity index (χ4n) is 3.26. The second-order valence-corrected chi connectivity index (χ2v) is 7.20. The minimum atomic E-state index is 0.514. The van der Waals surface area contributed by atoms with Gasteiger partial charge in [-0.2, -0.15) is 0 Å². The standard InChI is InChI=1S/C26H25N3O3/c1-3-26-27-13-14-29(26)19-23-18-25(32-28-23)22-11-9-20(10-12-22)7-8-21-5-4-6-24(17-21)31-16-15-30-2/h4-6,9-14,17-18H,3,15-16,19H2,1-2H3. The minimum Gasteiger partial charge on any atom is -0.491 e. The van der Waals surface area contributed by atoms with Crippen LogP contribution in [0.25, 0.3) is 11.3 Å². The quantitative estimate of drug-likeness (QED) is 0.304. The first-order chi connectivity index (χ1) is 15.7. The van der Waals surface area contributed by atoms with E-state index in [0.29, 0.717) is 19.8 Å². The molecule has 0 N–H and O–H groups in total. The highest BCUT2D eigenvalue weighted by molar-refractivity contribution is 5.59. The summed E-state index contributed by atoms with van der Waals surface area (Å²) in [6.07, 6.45) is 4.65. The van der Waals surface area contributed by atoms with Gasteiger partial charge in [0.15, 0.2) is 5.76 Å². The first-order valence-electron chi connectivity index (χ1n) is 10.5. The highest BCUT2D eigenvalue weighted by Crippen LogP contribution is 2.21. The first-order valence-corrected chi connectivity index (χ1v) is 10.5. The Hall–Kier alpha value is -3.82. The highest BCUT2D eigenvalue weighted by Gasteiger charge is 2.09. The van der Waals surface area contributed by atoms with Crippen LogP contribution in [0.1, 0.15) is 29.6 Å². The van der Waals surface area contributed by atoms with Gasteiger partial charge in [0.25, 0.3) is 0 Å². The van der Waals surface area contributed by atoms with Gasteiger partial charge in [-0.25, -0.2) is 4.98 Å². The third-order valence-electron chi connectivity index (χ3n) is 4.92. The monoisotopic (exact) mass is 427 g/mol. The third kappa shape index (κ3) is 5.45. The van der Waals surface area contributed by atoms with Crippen LogP contribution in [-0.4, -0.2) is 35.0 Å². The van der Waals surface area contributed by atoms with Crippen molar-refractivity contribution in [2.45, 2.75) is 19.9 Å². The van der Waals surface area contributed by atoms with E-state index in [1.807, 2.05) is 67.0 Å². The van der Waals surface area contributed by atoms with Gasteiger partial charge in [0.1, 0.15) is 23.9 Å². The van der Waals surface area contributed by atoms with Crippen molar-refractivity contribution < 1.29 is 14.0 Å². The summed E-state index contributed by atoms with van der Waals surface area (Å²) in [6.45, 7) is 3.80. The number of methoxy groups -OCH3 is 1. The summed E-state index contributed by atoms with van der Waals surface area (Å²) in [6, 6.07) is 17.7. The Labute approximate surface area is 187 Å². The van der Waals surface area contributed by atoms with Gasteiger partial charge in [-0.05, 0) is 42.5 Å². The lowest BCUT2D eigenvalue weighted by Gasteiger charge is -2.05. The Morgan fingerprint density at radius 3 is 2.66 bits per heavy atom. The molecule has 0 bridgehead atoms. The average molecular weight is 428 g/mol. The number of rotatable bonds is 8. The molecule has 0 aliphatic carbocycles. The van der Waals surface area contributed by atoms with Crippen LogP contribution < -0.4 is 4.74 Å². The number of aryl methyl sites for hydroxylation is 1.